The first-order chi connectivity index (χ1) is 12.1. The fraction of sp³-hybridized carbons (Fsp3) is 0.750. The fourth-order valence-corrected chi connectivity index (χ4v) is 3.18. The molecule has 0 saturated carbocycles. The standard InChI is InChI=1S/C20H36INO3/c1-4-5-15-25-16-12-18(3)20(17(2)11-13-21)22-19(24)10-8-6-7-9-14-23/h11-13,17,20,23H,4-10,14-16H2,1-3H3,(H,22,24)/b13-11+,18-12+/t17-,20-/m0/s1. The molecule has 1 amide bonds. The molecule has 0 saturated heterocycles. The Bertz CT molecular complexity index is 396. The highest BCUT2D eigenvalue weighted by Gasteiger charge is 2.19. The van der Waals surface area contributed by atoms with Crippen LogP contribution in [0.3, 0.4) is 0 Å². The van der Waals surface area contributed by atoms with Gasteiger partial charge in [0.05, 0.1) is 12.6 Å². The third-order valence-electron chi connectivity index (χ3n) is 4.19. The van der Waals surface area contributed by atoms with E-state index in [1.807, 2.05) is 4.08 Å². The van der Waals surface area contributed by atoms with Crippen LogP contribution in [0.25, 0.3) is 0 Å². The first-order valence-electron chi connectivity index (χ1n) is 9.48. The van der Waals surface area contributed by atoms with Crippen molar-refractivity contribution in [3.8, 4) is 0 Å². The SMILES string of the molecule is CCCCOC/C=C(\C)[C@@H](NC(=O)CCCCCCO)[C@@H](C)/C=C/I. The summed E-state index contributed by atoms with van der Waals surface area (Å²) in [6, 6.07) is 0.00531. The van der Waals surface area contributed by atoms with Crippen molar-refractivity contribution < 1.29 is 14.6 Å². The van der Waals surface area contributed by atoms with Gasteiger partial charge in [0.25, 0.3) is 0 Å². The molecule has 2 N–H and O–H groups in total. The molecule has 0 aromatic heterocycles. The molecular weight excluding hydrogens is 429 g/mol. The van der Waals surface area contributed by atoms with Crippen LogP contribution in [-0.2, 0) is 9.53 Å². The van der Waals surface area contributed by atoms with E-state index >= 15 is 0 Å². The number of halogens is 1. The van der Waals surface area contributed by atoms with Gasteiger partial charge < -0.3 is 15.2 Å². The van der Waals surface area contributed by atoms with E-state index in [2.05, 4.69) is 60.8 Å². The van der Waals surface area contributed by atoms with Gasteiger partial charge in [0, 0.05) is 19.6 Å². The summed E-state index contributed by atoms with van der Waals surface area (Å²) in [6.07, 6.45) is 10.6. The average molecular weight is 465 g/mol. The highest BCUT2D eigenvalue weighted by molar-refractivity contribution is 14.1. The van der Waals surface area contributed by atoms with Crippen LogP contribution >= 0.6 is 22.6 Å². The summed E-state index contributed by atoms with van der Waals surface area (Å²) in [6.45, 7) is 7.95. The number of amides is 1. The molecule has 5 heteroatoms. The maximum atomic E-state index is 12.3. The van der Waals surface area contributed by atoms with Gasteiger partial charge in [0.2, 0.25) is 5.91 Å². The van der Waals surface area contributed by atoms with Crippen LogP contribution in [0.5, 0.6) is 0 Å². The zero-order valence-corrected chi connectivity index (χ0v) is 18.3. The number of aliphatic hydroxyl groups is 1. The van der Waals surface area contributed by atoms with Gasteiger partial charge in [-0.05, 0) is 36.2 Å². The molecule has 4 nitrogen and oxygen atoms in total. The number of hydrogen-bond donors (Lipinski definition) is 2. The molecule has 0 aliphatic rings. The number of carbonyl (C=O) groups excluding carboxylic acids is 1. The number of carbonyl (C=O) groups is 1. The number of ether oxygens (including phenoxy) is 1. The summed E-state index contributed by atoms with van der Waals surface area (Å²) in [7, 11) is 0. The monoisotopic (exact) mass is 465 g/mol. The van der Waals surface area contributed by atoms with E-state index < -0.39 is 0 Å². The smallest absolute Gasteiger partial charge is 0.220 e. The highest BCUT2D eigenvalue weighted by atomic mass is 127. The molecular formula is C20H36INO3. The van der Waals surface area contributed by atoms with Crippen LogP contribution in [-0.4, -0.2) is 36.9 Å². The van der Waals surface area contributed by atoms with Crippen molar-refractivity contribution >= 4 is 28.5 Å². The molecule has 25 heavy (non-hydrogen) atoms. The van der Waals surface area contributed by atoms with Crippen molar-refractivity contribution in [2.24, 2.45) is 5.92 Å². The van der Waals surface area contributed by atoms with Crippen LogP contribution in [0.4, 0.5) is 0 Å². The summed E-state index contributed by atoms with van der Waals surface area (Å²) in [4.78, 5) is 12.3. The minimum Gasteiger partial charge on any atom is -0.396 e. The summed E-state index contributed by atoms with van der Waals surface area (Å²) in [5, 5.41) is 12.0. The Labute approximate surface area is 167 Å². The lowest BCUT2D eigenvalue weighted by molar-refractivity contribution is -0.121. The molecule has 0 rings (SSSR count). The Kier molecular flexibility index (Phi) is 16.8. The lowest BCUT2D eigenvalue weighted by atomic mass is 9.94. The molecule has 0 aliphatic carbocycles. The Balaban J connectivity index is 4.50. The van der Waals surface area contributed by atoms with Crippen molar-refractivity contribution in [1.82, 2.24) is 5.32 Å². The van der Waals surface area contributed by atoms with Crippen LogP contribution < -0.4 is 5.32 Å². The van der Waals surface area contributed by atoms with Crippen molar-refractivity contribution in [1.29, 1.82) is 0 Å². The second-order valence-electron chi connectivity index (χ2n) is 6.49. The molecule has 0 fully saturated rings. The van der Waals surface area contributed by atoms with Crippen LogP contribution in [0, 0.1) is 5.92 Å². The third kappa shape index (κ3) is 13.5. The number of hydrogen-bond acceptors (Lipinski definition) is 3. The van der Waals surface area contributed by atoms with E-state index in [0.717, 1.165) is 50.7 Å². The molecule has 0 heterocycles. The molecule has 0 bridgehead atoms. The fourth-order valence-electron chi connectivity index (χ4n) is 2.53. The molecule has 2 atom stereocenters. The topological polar surface area (TPSA) is 58.6 Å². The Hall–Kier alpha value is -0.400. The van der Waals surface area contributed by atoms with Gasteiger partial charge in [-0.15, -0.1) is 0 Å². The summed E-state index contributed by atoms with van der Waals surface area (Å²) >= 11 is 2.21. The average Bonchev–Trinajstić information content (AvgIpc) is 2.59. The number of aliphatic hydroxyl groups excluding tert-OH is 1. The molecule has 0 radical (unpaired) electrons. The number of nitrogens with one attached hydrogen (secondary N) is 1. The minimum atomic E-state index is 0.00531. The van der Waals surface area contributed by atoms with Crippen LogP contribution in [0.15, 0.2) is 21.8 Å². The van der Waals surface area contributed by atoms with Gasteiger partial charge in [-0.1, -0.05) is 73.4 Å². The predicted octanol–water partition coefficient (Wildman–Crippen LogP) is 4.76. The van der Waals surface area contributed by atoms with Gasteiger partial charge in [-0.25, -0.2) is 0 Å². The van der Waals surface area contributed by atoms with Gasteiger partial charge in [0.1, 0.15) is 0 Å². The largest absolute Gasteiger partial charge is 0.396 e. The van der Waals surface area contributed by atoms with Crippen LogP contribution in [0.1, 0.15) is 65.7 Å². The first-order valence-corrected chi connectivity index (χ1v) is 10.7. The maximum Gasteiger partial charge on any atom is 0.220 e. The van der Waals surface area contributed by atoms with E-state index in [1.165, 1.54) is 0 Å². The van der Waals surface area contributed by atoms with E-state index in [9.17, 15) is 4.79 Å². The molecule has 146 valence electrons. The van der Waals surface area contributed by atoms with Crippen LogP contribution in [0.2, 0.25) is 0 Å². The zero-order chi connectivity index (χ0) is 18.9. The Morgan fingerprint density at radius 1 is 1.24 bits per heavy atom. The van der Waals surface area contributed by atoms with Crippen molar-refractivity contribution in [3.63, 3.8) is 0 Å². The summed E-state index contributed by atoms with van der Waals surface area (Å²) in [5.41, 5.74) is 1.15. The third-order valence-corrected chi connectivity index (χ3v) is 4.60. The van der Waals surface area contributed by atoms with E-state index in [4.69, 9.17) is 9.84 Å². The lowest BCUT2D eigenvalue weighted by Gasteiger charge is -2.24. The maximum absolute atomic E-state index is 12.3. The molecule has 0 unspecified atom stereocenters. The van der Waals surface area contributed by atoms with Crippen molar-refractivity contribution in [2.45, 2.75) is 71.8 Å². The zero-order valence-electron chi connectivity index (χ0n) is 16.1. The predicted molar refractivity (Wildman–Crippen MR) is 114 cm³/mol. The molecule has 0 aromatic carbocycles. The van der Waals surface area contributed by atoms with Gasteiger partial charge >= 0.3 is 0 Å². The summed E-state index contributed by atoms with van der Waals surface area (Å²) < 4.78 is 7.61. The van der Waals surface area contributed by atoms with E-state index in [-0.39, 0.29) is 24.5 Å². The number of unbranched alkanes of at least 4 members (excludes halogenated alkanes) is 4. The molecule has 0 aromatic rings. The van der Waals surface area contributed by atoms with Gasteiger partial charge in [0.15, 0.2) is 0 Å². The molecule has 0 spiro atoms. The minimum absolute atomic E-state index is 0.00531. The second-order valence-corrected chi connectivity index (χ2v) is 7.21. The van der Waals surface area contributed by atoms with Gasteiger partial charge in [-0.3, -0.25) is 4.79 Å². The second kappa shape index (κ2) is 17.0. The Morgan fingerprint density at radius 2 is 1.96 bits per heavy atom. The van der Waals surface area contributed by atoms with E-state index in [0.29, 0.717) is 13.0 Å². The van der Waals surface area contributed by atoms with E-state index in [1.54, 1.807) is 0 Å². The summed E-state index contributed by atoms with van der Waals surface area (Å²) in [5.74, 6) is 0.337. The van der Waals surface area contributed by atoms with Gasteiger partial charge in [-0.2, -0.15) is 0 Å². The molecule has 0 aliphatic heterocycles. The highest BCUT2D eigenvalue weighted by Crippen LogP contribution is 2.16. The Morgan fingerprint density at radius 3 is 2.60 bits per heavy atom. The van der Waals surface area contributed by atoms with Crippen molar-refractivity contribution in [2.75, 3.05) is 19.8 Å². The van der Waals surface area contributed by atoms with Crippen molar-refractivity contribution in [3.05, 3.63) is 21.8 Å². The quantitative estimate of drug-likeness (QED) is 0.208. The normalized spacial score (nSPS) is 14.7. The first kappa shape index (κ1) is 24.6. The lowest BCUT2D eigenvalue weighted by Crippen LogP contribution is -2.39. The number of rotatable bonds is 15.